The van der Waals surface area contributed by atoms with Crippen molar-refractivity contribution in [3.05, 3.63) is 0 Å². The molecule has 8 heteroatoms. The molecule has 0 bridgehead atoms. The molecule has 7 rings (SSSR count). The smallest absolute Gasteiger partial charge is 0.303 e. The summed E-state index contributed by atoms with van der Waals surface area (Å²) in [5.41, 5.74) is 0.337. The molecule has 7 fully saturated rings. The summed E-state index contributed by atoms with van der Waals surface area (Å²) in [5, 5.41) is 0. The number of halogens is 1. The zero-order chi connectivity index (χ0) is 29.3. The fourth-order valence-corrected chi connectivity index (χ4v) is 12.2. The number of hydrogen-bond acceptors (Lipinski definition) is 6. The van der Waals surface area contributed by atoms with Crippen LogP contribution in [0.1, 0.15) is 98.3 Å². The molecule has 7 aliphatic rings. The number of carbonyl (C=O) groups is 2. The van der Waals surface area contributed by atoms with Gasteiger partial charge in [0.15, 0.2) is 6.10 Å². The summed E-state index contributed by atoms with van der Waals surface area (Å²) < 4.78 is 19.5. The zero-order valence-electron chi connectivity index (χ0n) is 27.2. The molecule has 0 radical (unpaired) electrons. The van der Waals surface area contributed by atoms with Gasteiger partial charge in [0.1, 0.15) is 12.1 Å². The van der Waals surface area contributed by atoms with Crippen molar-refractivity contribution in [2.75, 3.05) is 45.9 Å². The molecule has 0 aromatic rings. The molecule has 5 saturated carbocycles. The van der Waals surface area contributed by atoms with Crippen molar-refractivity contribution >= 4 is 11.9 Å². The molecular weight excluding hydrogens is 608 g/mol. The Morgan fingerprint density at radius 3 is 2.23 bits per heavy atom. The van der Waals surface area contributed by atoms with E-state index in [1.807, 2.05) is 0 Å². The number of likely N-dealkylation sites (tertiary alicyclic amines) is 1. The summed E-state index contributed by atoms with van der Waals surface area (Å²) in [6.45, 7) is 15.7. The average Bonchev–Trinajstić information content (AvgIpc) is 3.55. The zero-order valence-corrected chi connectivity index (χ0v) is 28.8. The molecule has 0 N–H and O–H groups in total. The fraction of sp³-hybridized carbons (Fsp3) is 0.943. The summed E-state index contributed by atoms with van der Waals surface area (Å²) in [6.07, 6.45) is 13.8. The number of morpholine rings is 1. The first-order valence-corrected chi connectivity index (χ1v) is 17.6. The Labute approximate surface area is 270 Å². The monoisotopic (exact) mass is 664 g/mol. The van der Waals surface area contributed by atoms with E-state index >= 15 is 0 Å². The van der Waals surface area contributed by atoms with Crippen molar-refractivity contribution in [2.24, 2.45) is 40.4 Å². The molecule has 0 aromatic heterocycles. The number of carbonyl (C=O) groups excluding carboxylic acids is 2. The lowest BCUT2D eigenvalue weighted by molar-refractivity contribution is -0.944. The number of quaternary nitrogens is 1. The van der Waals surface area contributed by atoms with Crippen LogP contribution >= 0.6 is 0 Å². The molecule has 5 aliphatic carbocycles. The van der Waals surface area contributed by atoms with Gasteiger partial charge in [0.05, 0.1) is 32.8 Å². The lowest BCUT2D eigenvalue weighted by atomic mass is 9.44. The van der Waals surface area contributed by atoms with Crippen molar-refractivity contribution in [3.63, 3.8) is 0 Å². The van der Waals surface area contributed by atoms with Crippen LogP contribution in [0.15, 0.2) is 0 Å². The Hall–Kier alpha value is -0.700. The second kappa shape index (κ2) is 12.2. The number of rotatable bonds is 6. The molecule has 0 spiro atoms. The SMILES string of the molecule is CC(=O)O[C@H]1C[C@H]2CCC3C4C[C@@H]([N+]5(CC6CC6)CCCC5)[C@H](OC(C)=O)[C@@]4(C)CCC3[C@@]2(C)C[C@@H]1N1CCOCC1.[Br-]. The summed E-state index contributed by atoms with van der Waals surface area (Å²) in [4.78, 5) is 27.4. The van der Waals surface area contributed by atoms with E-state index < -0.39 is 0 Å². The maximum Gasteiger partial charge on any atom is 0.303 e. The molecule has 3 unspecified atom stereocenters. The van der Waals surface area contributed by atoms with Crippen LogP contribution in [-0.2, 0) is 23.8 Å². The van der Waals surface area contributed by atoms with Crippen molar-refractivity contribution in [1.29, 1.82) is 0 Å². The van der Waals surface area contributed by atoms with Crippen molar-refractivity contribution in [1.82, 2.24) is 4.90 Å². The van der Waals surface area contributed by atoms with Crippen molar-refractivity contribution in [2.45, 2.75) is 123 Å². The van der Waals surface area contributed by atoms with Gasteiger partial charge in [-0.1, -0.05) is 13.8 Å². The second-order valence-electron chi connectivity index (χ2n) is 16.3. The highest BCUT2D eigenvalue weighted by Crippen LogP contribution is 2.68. The van der Waals surface area contributed by atoms with Gasteiger partial charge in [0, 0.05) is 63.6 Å². The molecule has 7 nitrogen and oxygen atoms in total. The van der Waals surface area contributed by atoms with Gasteiger partial charge in [-0.2, -0.15) is 0 Å². The Balaban J connectivity index is 0.00000329. The van der Waals surface area contributed by atoms with E-state index in [0.717, 1.165) is 45.1 Å². The van der Waals surface area contributed by atoms with E-state index in [4.69, 9.17) is 14.2 Å². The highest BCUT2D eigenvalue weighted by Gasteiger charge is 2.68. The van der Waals surface area contributed by atoms with Crippen LogP contribution in [-0.4, -0.2) is 91.6 Å². The van der Waals surface area contributed by atoms with E-state index in [2.05, 4.69) is 18.7 Å². The van der Waals surface area contributed by atoms with Crippen LogP contribution in [0.4, 0.5) is 0 Å². The second-order valence-corrected chi connectivity index (χ2v) is 16.3. The largest absolute Gasteiger partial charge is 1.00 e. The number of ether oxygens (including phenoxy) is 3. The highest BCUT2D eigenvalue weighted by molar-refractivity contribution is 5.66. The van der Waals surface area contributed by atoms with Gasteiger partial charge in [-0.25, -0.2) is 0 Å². The van der Waals surface area contributed by atoms with Crippen LogP contribution in [0.25, 0.3) is 0 Å². The van der Waals surface area contributed by atoms with Gasteiger partial charge < -0.3 is 35.7 Å². The molecule has 10 atom stereocenters. The summed E-state index contributed by atoms with van der Waals surface area (Å²) in [6, 6.07) is 0.755. The number of fused-ring (bicyclic) bond motifs is 5. The number of nitrogens with zero attached hydrogens (tertiary/aromatic N) is 2. The summed E-state index contributed by atoms with van der Waals surface area (Å²) in [5.74, 6) is 3.32. The quantitative estimate of drug-likeness (QED) is 0.321. The number of hydrogen-bond donors (Lipinski definition) is 0. The third kappa shape index (κ3) is 5.65. The lowest BCUT2D eigenvalue weighted by Crippen LogP contribution is -3.00. The van der Waals surface area contributed by atoms with Gasteiger partial charge >= 0.3 is 11.9 Å². The Bertz CT molecular complexity index is 1040. The van der Waals surface area contributed by atoms with Crippen LogP contribution in [0.3, 0.4) is 0 Å². The topological polar surface area (TPSA) is 65.1 Å². The molecular formula is C35H57BrN2O5. The van der Waals surface area contributed by atoms with Crippen LogP contribution in [0.5, 0.6) is 0 Å². The first kappa shape index (κ1) is 32.2. The minimum absolute atomic E-state index is 0. The van der Waals surface area contributed by atoms with E-state index in [-0.39, 0.29) is 58.0 Å². The molecule has 2 heterocycles. The lowest BCUT2D eigenvalue weighted by Gasteiger charge is -2.62. The Morgan fingerprint density at radius 1 is 0.884 bits per heavy atom. The van der Waals surface area contributed by atoms with E-state index in [9.17, 15) is 9.59 Å². The highest BCUT2D eigenvalue weighted by atomic mass is 79.9. The van der Waals surface area contributed by atoms with E-state index in [1.54, 1.807) is 13.8 Å². The minimum Gasteiger partial charge on any atom is -1.00 e. The molecule has 2 saturated heterocycles. The first-order chi connectivity index (χ1) is 20.1. The van der Waals surface area contributed by atoms with Crippen molar-refractivity contribution < 1.29 is 45.3 Å². The molecule has 0 aromatic carbocycles. The third-order valence-electron chi connectivity index (χ3n) is 14.2. The fourth-order valence-electron chi connectivity index (χ4n) is 12.2. The molecule has 43 heavy (non-hydrogen) atoms. The normalized spacial score (nSPS) is 45.7. The van der Waals surface area contributed by atoms with Crippen LogP contribution in [0.2, 0.25) is 0 Å². The van der Waals surface area contributed by atoms with Gasteiger partial charge in [0.25, 0.3) is 0 Å². The van der Waals surface area contributed by atoms with Gasteiger partial charge in [-0.05, 0) is 80.5 Å². The molecule has 2 aliphatic heterocycles. The average molecular weight is 666 g/mol. The van der Waals surface area contributed by atoms with Gasteiger partial charge in [-0.15, -0.1) is 0 Å². The maximum absolute atomic E-state index is 12.7. The Kier molecular flexibility index (Phi) is 9.11. The summed E-state index contributed by atoms with van der Waals surface area (Å²) in [7, 11) is 0. The van der Waals surface area contributed by atoms with Gasteiger partial charge in [-0.3, -0.25) is 14.5 Å². The molecule has 0 amide bonds. The molecule has 244 valence electrons. The van der Waals surface area contributed by atoms with E-state index in [1.165, 1.54) is 81.9 Å². The minimum atomic E-state index is -0.136. The van der Waals surface area contributed by atoms with E-state index in [0.29, 0.717) is 29.7 Å². The Morgan fingerprint density at radius 2 is 1.58 bits per heavy atom. The number of esters is 2. The standard InChI is InChI=1S/C35H57N2O5.BrH/c1-23(38)41-32-19-26-9-10-27-28(35(26,4)21-30(32)36-13-17-40-18-14-36)11-12-34(3)29(27)20-31(33(34)42-24(2)39)37(15-5-6-16-37)22-25-7-8-25;/h25-33H,5-22H2,1-4H3;1H/q+1;/p-1/t26-,27?,28?,29?,30+,31-,32+,33+,34+,35+;/m1./s1. The van der Waals surface area contributed by atoms with Crippen LogP contribution in [0, 0.1) is 40.4 Å². The third-order valence-corrected chi connectivity index (χ3v) is 14.2. The predicted octanol–water partition coefficient (Wildman–Crippen LogP) is 2.21. The van der Waals surface area contributed by atoms with Crippen molar-refractivity contribution in [3.8, 4) is 0 Å². The summed E-state index contributed by atoms with van der Waals surface area (Å²) >= 11 is 0. The van der Waals surface area contributed by atoms with Gasteiger partial charge in [0.2, 0.25) is 0 Å². The first-order valence-electron chi connectivity index (χ1n) is 17.6. The van der Waals surface area contributed by atoms with Crippen LogP contribution < -0.4 is 17.0 Å². The predicted molar refractivity (Wildman–Crippen MR) is 160 cm³/mol. The maximum atomic E-state index is 12.7.